The van der Waals surface area contributed by atoms with Gasteiger partial charge in [0.25, 0.3) is 5.91 Å². The van der Waals surface area contributed by atoms with Gasteiger partial charge in [0.15, 0.2) is 5.82 Å². The van der Waals surface area contributed by atoms with Crippen LogP contribution in [0.1, 0.15) is 44.6 Å². The van der Waals surface area contributed by atoms with Gasteiger partial charge in [-0.05, 0) is 44.2 Å². The van der Waals surface area contributed by atoms with Crippen LogP contribution in [0.25, 0.3) is 0 Å². The average molecular weight is 302 g/mol. The highest BCUT2D eigenvalue weighted by molar-refractivity contribution is 7.14. The molecule has 21 heavy (non-hydrogen) atoms. The normalized spacial score (nSPS) is 17.5. The van der Waals surface area contributed by atoms with Gasteiger partial charge in [0, 0.05) is 18.0 Å². The van der Waals surface area contributed by atoms with Gasteiger partial charge in [-0.2, -0.15) is 0 Å². The van der Waals surface area contributed by atoms with Crippen LogP contribution in [0.15, 0.2) is 6.07 Å². The summed E-state index contributed by atoms with van der Waals surface area (Å²) in [5, 5.41) is 8.27. The molecule has 2 aliphatic rings. The van der Waals surface area contributed by atoms with E-state index in [4.69, 9.17) is 0 Å². The van der Waals surface area contributed by atoms with Crippen LogP contribution in [0.5, 0.6) is 0 Å². The first-order valence-electron chi connectivity index (χ1n) is 7.52. The molecular formula is C15H18N4OS. The largest absolute Gasteiger partial charge is 0.329 e. The van der Waals surface area contributed by atoms with E-state index in [1.165, 1.54) is 23.3 Å². The summed E-state index contributed by atoms with van der Waals surface area (Å²) in [6.45, 7) is 4.07. The zero-order chi connectivity index (χ0) is 14.4. The topological polar surface area (TPSA) is 51.0 Å². The van der Waals surface area contributed by atoms with Gasteiger partial charge in [-0.25, -0.2) is 0 Å². The molecule has 0 fully saturated rings. The summed E-state index contributed by atoms with van der Waals surface area (Å²) in [6, 6.07) is 2.12. The van der Waals surface area contributed by atoms with Gasteiger partial charge in [0.05, 0.1) is 11.4 Å². The SMILES string of the molecule is Cc1nnc2n1CCN(C(=O)c1cc3c(s1)CCCC3)C2. The van der Waals surface area contributed by atoms with Crippen molar-refractivity contribution < 1.29 is 4.79 Å². The minimum atomic E-state index is 0.154. The molecule has 110 valence electrons. The second kappa shape index (κ2) is 4.94. The highest BCUT2D eigenvalue weighted by Crippen LogP contribution is 2.30. The zero-order valence-corrected chi connectivity index (χ0v) is 12.9. The molecule has 0 unspecified atom stereocenters. The fraction of sp³-hybridized carbons (Fsp3) is 0.533. The average Bonchev–Trinajstić information content (AvgIpc) is 3.10. The number of carbonyl (C=O) groups excluding carboxylic acids is 1. The van der Waals surface area contributed by atoms with Crippen molar-refractivity contribution in [1.29, 1.82) is 0 Å². The molecule has 1 amide bonds. The van der Waals surface area contributed by atoms with E-state index in [9.17, 15) is 4.79 Å². The lowest BCUT2D eigenvalue weighted by molar-refractivity contribution is 0.0711. The van der Waals surface area contributed by atoms with Gasteiger partial charge in [-0.15, -0.1) is 21.5 Å². The predicted molar refractivity (Wildman–Crippen MR) is 80.5 cm³/mol. The summed E-state index contributed by atoms with van der Waals surface area (Å²) in [5.74, 6) is 1.98. The number of carbonyl (C=O) groups is 1. The van der Waals surface area contributed by atoms with Gasteiger partial charge in [-0.1, -0.05) is 0 Å². The molecule has 3 heterocycles. The fourth-order valence-electron chi connectivity index (χ4n) is 3.23. The number of aromatic nitrogens is 3. The van der Waals surface area contributed by atoms with Crippen molar-refractivity contribution in [2.75, 3.05) is 6.54 Å². The number of rotatable bonds is 1. The van der Waals surface area contributed by atoms with Crippen LogP contribution in [0.2, 0.25) is 0 Å². The lowest BCUT2D eigenvalue weighted by Crippen LogP contribution is -2.38. The second-order valence-corrected chi connectivity index (χ2v) is 6.94. The quantitative estimate of drug-likeness (QED) is 0.811. The summed E-state index contributed by atoms with van der Waals surface area (Å²) in [5.41, 5.74) is 1.39. The van der Waals surface area contributed by atoms with E-state index in [2.05, 4.69) is 20.8 Å². The Morgan fingerprint density at radius 2 is 2.10 bits per heavy atom. The van der Waals surface area contributed by atoms with Crippen molar-refractivity contribution in [3.63, 3.8) is 0 Å². The lowest BCUT2D eigenvalue weighted by Gasteiger charge is -2.27. The number of thiophene rings is 1. The van der Waals surface area contributed by atoms with E-state index >= 15 is 0 Å². The van der Waals surface area contributed by atoms with Crippen LogP contribution >= 0.6 is 11.3 Å². The van der Waals surface area contributed by atoms with E-state index in [0.29, 0.717) is 6.54 Å². The van der Waals surface area contributed by atoms with E-state index in [1.54, 1.807) is 11.3 Å². The Hall–Kier alpha value is -1.69. The van der Waals surface area contributed by atoms with Crippen LogP contribution in [0.4, 0.5) is 0 Å². The Morgan fingerprint density at radius 3 is 2.95 bits per heavy atom. The van der Waals surface area contributed by atoms with Crippen molar-refractivity contribution in [2.45, 2.75) is 45.7 Å². The summed E-state index contributed by atoms with van der Waals surface area (Å²) in [6.07, 6.45) is 4.78. The van der Waals surface area contributed by atoms with Crippen molar-refractivity contribution >= 4 is 17.2 Å². The molecule has 0 saturated heterocycles. The Morgan fingerprint density at radius 1 is 1.24 bits per heavy atom. The maximum Gasteiger partial charge on any atom is 0.264 e. The Kier molecular flexibility index (Phi) is 3.06. The summed E-state index contributed by atoms with van der Waals surface area (Å²) < 4.78 is 2.10. The lowest BCUT2D eigenvalue weighted by atomic mass is 9.99. The molecule has 4 rings (SSSR count). The number of amides is 1. The van der Waals surface area contributed by atoms with Crippen LogP contribution in [-0.2, 0) is 25.9 Å². The van der Waals surface area contributed by atoms with Crippen molar-refractivity contribution in [1.82, 2.24) is 19.7 Å². The second-order valence-electron chi connectivity index (χ2n) is 5.81. The molecular weight excluding hydrogens is 284 g/mol. The number of hydrogen-bond donors (Lipinski definition) is 0. The van der Waals surface area contributed by atoms with E-state index < -0.39 is 0 Å². The first-order chi connectivity index (χ1) is 10.2. The fourth-order valence-corrected chi connectivity index (χ4v) is 4.45. The summed E-state index contributed by atoms with van der Waals surface area (Å²) in [7, 11) is 0. The molecule has 1 aliphatic carbocycles. The third-order valence-corrected chi connectivity index (χ3v) is 5.66. The Labute approximate surface area is 127 Å². The molecule has 0 atom stereocenters. The molecule has 2 aromatic rings. The van der Waals surface area contributed by atoms with Crippen molar-refractivity contribution in [2.24, 2.45) is 0 Å². The maximum atomic E-state index is 12.7. The molecule has 0 saturated carbocycles. The molecule has 2 aromatic heterocycles. The first-order valence-corrected chi connectivity index (χ1v) is 8.33. The molecule has 0 spiro atoms. The third-order valence-electron chi connectivity index (χ3n) is 4.43. The van der Waals surface area contributed by atoms with Crippen LogP contribution in [0, 0.1) is 6.92 Å². The van der Waals surface area contributed by atoms with Gasteiger partial charge < -0.3 is 9.47 Å². The van der Waals surface area contributed by atoms with Crippen LogP contribution in [0.3, 0.4) is 0 Å². The number of aryl methyl sites for hydroxylation is 3. The van der Waals surface area contributed by atoms with Gasteiger partial charge >= 0.3 is 0 Å². The third kappa shape index (κ3) is 2.18. The highest BCUT2D eigenvalue weighted by Gasteiger charge is 2.26. The van der Waals surface area contributed by atoms with Gasteiger partial charge in [0.2, 0.25) is 0 Å². The monoisotopic (exact) mass is 302 g/mol. The van der Waals surface area contributed by atoms with E-state index in [1.807, 2.05) is 11.8 Å². The summed E-state index contributed by atoms with van der Waals surface area (Å²) >= 11 is 1.69. The van der Waals surface area contributed by atoms with Crippen LogP contribution in [-0.4, -0.2) is 32.1 Å². The van der Waals surface area contributed by atoms with Crippen molar-refractivity contribution in [3.8, 4) is 0 Å². The highest BCUT2D eigenvalue weighted by atomic mass is 32.1. The first kappa shape index (κ1) is 13.0. The van der Waals surface area contributed by atoms with E-state index in [0.717, 1.165) is 42.5 Å². The van der Waals surface area contributed by atoms with Gasteiger partial charge in [0.1, 0.15) is 5.82 Å². The molecule has 0 bridgehead atoms. The Bertz CT molecular complexity index is 679. The molecule has 6 heteroatoms. The van der Waals surface area contributed by atoms with E-state index in [-0.39, 0.29) is 5.91 Å². The van der Waals surface area contributed by atoms with Crippen LogP contribution < -0.4 is 0 Å². The standard InChI is InChI=1S/C15H18N4OS/c1-10-16-17-14-9-18(6-7-19(10)14)15(20)13-8-11-4-2-3-5-12(11)21-13/h8H,2-7,9H2,1H3. The van der Waals surface area contributed by atoms with Gasteiger partial charge in [-0.3, -0.25) is 4.79 Å². The molecule has 5 nitrogen and oxygen atoms in total. The molecule has 0 N–H and O–H groups in total. The molecule has 0 aromatic carbocycles. The number of hydrogen-bond acceptors (Lipinski definition) is 4. The summed E-state index contributed by atoms with van der Waals surface area (Å²) in [4.78, 5) is 16.9. The smallest absolute Gasteiger partial charge is 0.264 e. The predicted octanol–water partition coefficient (Wildman–Crippen LogP) is 2.18. The number of fused-ring (bicyclic) bond motifs is 2. The Balaban J connectivity index is 1.57. The molecule has 1 aliphatic heterocycles. The number of nitrogens with zero attached hydrogens (tertiary/aromatic N) is 4. The molecule has 0 radical (unpaired) electrons. The minimum Gasteiger partial charge on any atom is -0.329 e. The minimum absolute atomic E-state index is 0.154. The zero-order valence-electron chi connectivity index (χ0n) is 12.1. The maximum absolute atomic E-state index is 12.7. The van der Waals surface area contributed by atoms with Crippen molar-refractivity contribution in [3.05, 3.63) is 33.0 Å².